The average molecular weight is 272 g/mol. The van der Waals surface area contributed by atoms with E-state index in [1.807, 2.05) is 16.8 Å². The van der Waals surface area contributed by atoms with Gasteiger partial charge in [0, 0.05) is 35.2 Å². The Bertz CT molecular complexity index is 669. The summed E-state index contributed by atoms with van der Waals surface area (Å²) in [5.74, 6) is 0.476. The van der Waals surface area contributed by atoms with Crippen LogP contribution in [0.15, 0.2) is 30.5 Å². The van der Waals surface area contributed by atoms with Gasteiger partial charge in [-0.1, -0.05) is 12.8 Å². The van der Waals surface area contributed by atoms with Gasteiger partial charge in [-0.05, 0) is 25.0 Å². The van der Waals surface area contributed by atoms with Gasteiger partial charge >= 0.3 is 0 Å². The van der Waals surface area contributed by atoms with Gasteiger partial charge in [-0.2, -0.15) is 0 Å². The zero-order chi connectivity index (χ0) is 14.1. The van der Waals surface area contributed by atoms with Crippen molar-refractivity contribution in [1.82, 2.24) is 4.57 Å². The summed E-state index contributed by atoms with van der Waals surface area (Å²) in [4.78, 5) is 22.5. The number of aromatic nitrogens is 1. The number of nitro benzene ring substituents is 1. The second-order valence-electron chi connectivity index (χ2n) is 5.39. The number of carbonyl (C=O) groups excluding carboxylic acids is 1. The molecule has 104 valence electrons. The smallest absolute Gasteiger partial charge is 0.270 e. The fourth-order valence-corrected chi connectivity index (χ4v) is 2.98. The van der Waals surface area contributed by atoms with Crippen LogP contribution in [0.5, 0.6) is 0 Å². The highest BCUT2D eigenvalue weighted by Gasteiger charge is 2.23. The van der Waals surface area contributed by atoms with E-state index in [0.717, 1.165) is 36.6 Å². The van der Waals surface area contributed by atoms with Gasteiger partial charge in [-0.15, -0.1) is 0 Å². The van der Waals surface area contributed by atoms with Crippen LogP contribution in [0.2, 0.25) is 0 Å². The Kier molecular flexibility index (Phi) is 3.26. The minimum atomic E-state index is -0.402. The summed E-state index contributed by atoms with van der Waals surface area (Å²) in [5.41, 5.74) is 0.958. The highest BCUT2D eigenvalue weighted by atomic mass is 16.6. The summed E-state index contributed by atoms with van der Waals surface area (Å²) in [6, 6.07) is 6.57. The topological polar surface area (TPSA) is 65.1 Å². The molecule has 0 amide bonds. The first-order valence-electron chi connectivity index (χ1n) is 6.91. The maximum Gasteiger partial charge on any atom is 0.270 e. The molecule has 0 aliphatic heterocycles. The van der Waals surface area contributed by atoms with Crippen LogP contribution < -0.4 is 0 Å². The highest BCUT2D eigenvalue weighted by Crippen LogP contribution is 2.27. The molecule has 1 saturated carbocycles. The Morgan fingerprint density at radius 3 is 2.75 bits per heavy atom. The van der Waals surface area contributed by atoms with Crippen molar-refractivity contribution in [3.63, 3.8) is 0 Å². The van der Waals surface area contributed by atoms with Gasteiger partial charge in [0.25, 0.3) is 5.69 Å². The van der Waals surface area contributed by atoms with E-state index in [2.05, 4.69) is 0 Å². The van der Waals surface area contributed by atoms with Crippen LogP contribution in [0.1, 0.15) is 25.7 Å². The van der Waals surface area contributed by atoms with E-state index in [1.165, 1.54) is 6.07 Å². The Labute approximate surface area is 116 Å². The summed E-state index contributed by atoms with van der Waals surface area (Å²) in [6.45, 7) is 0.367. The van der Waals surface area contributed by atoms with Gasteiger partial charge < -0.3 is 4.57 Å². The molecule has 1 aliphatic carbocycles. The van der Waals surface area contributed by atoms with Crippen LogP contribution in [0.3, 0.4) is 0 Å². The number of rotatable bonds is 4. The highest BCUT2D eigenvalue weighted by molar-refractivity contribution is 5.86. The van der Waals surface area contributed by atoms with E-state index in [-0.39, 0.29) is 17.4 Å². The van der Waals surface area contributed by atoms with Crippen molar-refractivity contribution in [3.8, 4) is 0 Å². The molecule has 1 heterocycles. The first kappa shape index (κ1) is 12.8. The summed E-state index contributed by atoms with van der Waals surface area (Å²) < 4.78 is 1.89. The average Bonchev–Trinajstić information content (AvgIpc) is 3.07. The van der Waals surface area contributed by atoms with Crippen molar-refractivity contribution in [2.45, 2.75) is 32.2 Å². The second kappa shape index (κ2) is 5.07. The van der Waals surface area contributed by atoms with E-state index >= 15 is 0 Å². The summed E-state index contributed by atoms with van der Waals surface area (Å²) in [5, 5.41) is 11.6. The molecule has 0 atom stereocenters. The Balaban J connectivity index is 1.85. The quantitative estimate of drug-likeness (QED) is 0.633. The van der Waals surface area contributed by atoms with Crippen LogP contribution >= 0.6 is 0 Å². The van der Waals surface area contributed by atoms with E-state index in [4.69, 9.17) is 0 Å². The molecule has 0 radical (unpaired) electrons. The summed E-state index contributed by atoms with van der Waals surface area (Å²) >= 11 is 0. The van der Waals surface area contributed by atoms with E-state index in [9.17, 15) is 14.9 Å². The number of benzene rings is 1. The molecule has 1 aromatic heterocycles. The third-order valence-corrected chi connectivity index (χ3v) is 4.10. The third kappa shape index (κ3) is 2.31. The molecule has 1 aliphatic rings. The summed E-state index contributed by atoms with van der Waals surface area (Å²) in [6.07, 6.45) is 6.14. The molecular weight excluding hydrogens is 256 g/mol. The SMILES string of the molecule is O=C(Cn1ccc2cc([N+](=O)[O-])ccc21)C1CCCC1. The molecule has 1 fully saturated rings. The molecule has 0 unspecified atom stereocenters. The summed E-state index contributed by atoms with van der Waals surface area (Å²) in [7, 11) is 0. The minimum absolute atomic E-state index is 0.0809. The molecule has 20 heavy (non-hydrogen) atoms. The van der Waals surface area contributed by atoms with Gasteiger partial charge in [-0.3, -0.25) is 14.9 Å². The molecule has 0 saturated heterocycles. The lowest BCUT2D eigenvalue weighted by Crippen LogP contribution is -2.17. The number of ketones is 1. The van der Waals surface area contributed by atoms with Gasteiger partial charge in [0.05, 0.1) is 11.5 Å². The third-order valence-electron chi connectivity index (χ3n) is 4.10. The number of carbonyl (C=O) groups is 1. The molecular formula is C15H16N2O3. The maximum absolute atomic E-state index is 12.2. The zero-order valence-corrected chi connectivity index (χ0v) is 11.1. The predicted octanol–water partition coefficient (Wildman–Crippen LogP) is 3.31. The number of fused-ring (bicyclic) bond motifs is 1. The standard InChI is InChI=1S/C15H16N2O3/c18-15(11-3-1-2-4-11)10-16-8-7-12-9-13(17(19)20)5-6-14(12)16/h5-9,11H,1-4,10H2. The largest absolute Gasteiger partial charge is 0.340 e. The predicted molar refractivity (Wildman–Crippen MR) is 75.6 cm³/mol. The Morgan fingerprint density at radius 1 is 1.30 bits per heavy atom. The molecule has 0 spiro atoms. The monoisotopic (exact) mass is 272 g/mol. The lowest BCUT2D eigenvalue weighted by Gasteiger charge is -2.09. The van der Waals surface area contributed by atoms with Gasteiger partial charge in [0.2, 0.25) is 0 Å². The van der Waals surface area contributed by atoms with Crippen molar-refractivity contribution in [2.24, 2.45) is 5.92 Å². The van der Waals surface area contributed by atoms with E-state index < -0.39 is 4.92 Å². The fraction of sp³-hybridized carbons (Fsp3) is 0.400. The van der Waals surface area contributed by atoms with Crippen molar-refractivity contribution < 1.29 is 9.72 Å². The van der Waals surface area contributed by atoms with E-state index in [1.54, 1.807) is 12.1 Å². The number of Topliss-reactive ketones (excluding diaryl/α,β-unsaturated/α-hetero) is 1. The molecule has 0 bridgehead atoms. The minimum Gasteiger partial charge on any atom is -0.340 e. The van der Waals surface area contributed by atoms with Crippen LogP contribution in [0.4, 0.5) is 5.69 Å². The molecule has 2 aromatic rings. The number of hydrogen-bond donors (Lipinski definition) is 0. The molecule has 3 rings (SSSR count). The molecule has 1 aromatic carbocycles. The van der Waals surface area contributed by atoms with Crippen LogP contribution in [0, 0.1) is 16.0 Å². The first-order chi connectivity index (χ1) is 9.65. The van der Waals surface area contributed by atoms with Crippen molar-refractivity contribution >= 4 is 22.4 Å². The first-order valence-corrected chi connectivity index (χ1v) is 6.91. The van der Waals surface area contributed by atoms with E-state index in [0.29, 0.717) is 6.54 Å². The second-order valence-corrected chi connectivity index (χ2v) is 5.39. The van der Waals surface area contributed by atoms with Gasteiger partial charge in [0.15, 0.2) is 5.78 Å². The molecule has 5 nitrogen and oxygen atoms in total. The number of hydrogen-bond acceptors (Lipinski definition) is 3. The normalized spacial score (nSPS) is 15.8. The van der Waals surface area contributed by atoms with Crippen molar-refractivity contribution in [3.05, 3.63) is 40.6 Å². The Hall–Kier alpha value is -2.17. The number of nitrogens with zero attached hydrogens (tertiary/aromatic N) is 2. The van der Waals surface area contributed by atoms with Crippen molar-refractivity contribution in [1.29, 1.82) is 0 Å². The maximum atomic E-state index is 12.2. The number of non-ortho nitro benzene ring substituents is 1. The van der Waals surface area contributed by atoms with Crippen LogP contribution in [0.25, 0.3) is 10.9 Å². The fourth-order valence-electron chi connectivity index (χ4n) is 2.98. The van der Waals surface area contributed by atoms with Gasteiger partial charge in [0.1, 0.15) is 0 Å². The number of nitro groups is 1. The lowest BCUT2D eigenvalue weighted by molar-refractivity contribution is -0.384. The van der Waals surface area contributed by atoms with Gasteiger partial charge in [-0.25, -0.2) is 0 Å². The van der Waals surface area contributed by atoms with Crippen LogP contribution in [-0.2, 0) is 11.3 Å². The Morgan fingerprint density at radius 2 is 2.05 bits per heavy atom. The van der Waals surface area contributed by atoms with Crippen LogP contribution in [-0.4, -0.2) is 15.3 Å². The lowest BCUT2D eigenvalue weighted by atomic mass is 10.0. The van der Waals surface area contributed by atoms with Crippen molar-refractivity contribution in [2.75, 3.05) is 0 Å². The zero-order valence-electron chi connectivity index (χ0n) is 11.1. The molecule has 5 heteroatoms. The molecule has 0 N–H and O–H groups in total.